The Morgan fingerprint density at radius 2 is 0.713 bits per heavy atom. The van der Waals surface area contributed by atoms with Crippen LogP contribution in [0.5, 0.6) is 5.75 Å². The molecule has 136 heavy (non-hydrogen) atoms. The minimum absolute atomic E-state index is 0. The molecular formula is C103H112Br6Cl10N4O9Si3Sn. The summed E-state index contributed by atoms with van der Waals surface area (Å²) in [6, 6.07) is 77.8. The van der Waals surface area contributed by atoms with E-state index in [1.54, 1.807) is 56.6 Å². The third-order valence-electron chi connectivity index (χ3n) is 20.7. The van der Waals surface area contributed by atoms with Gasteiger partial charge in [-0.25, -0.2) is 10.7 Å². The first-order valence-corrected chi connectivity index (χ1v) is 71.6. The van der Waals surface area contributed by atoms with Gasteiger partial charge in [0.2, 0.25) is 0 Å². The van der Waals surface area contributed by atoms with Crippen molar-refractivity contribution in [3.05, 3.63) is 365 Å². The molecule has 726 valence electrons. The standard InChI is InChI=1S/C21H21Cl6NOSi2.C21H19NO.C15H9Br2NO.C15H12Br2O2.C8H7BrO2.C8H7BrO.3C4H9.C3H5.Cl3HSi.ClH.H3NO.Sn/c1-3-20(30(22,23)24)16-9-5-14(6-10-16)18-13-19(29-28-18)15-7-11-17(12-8-15)21(4-2)31(25,26)27;1-3-5-16-7-11-18(12-8-16)20-15-21(23-22-20)19-13-9-17(6-4-2)10-14-19;16-12-5-1-10(2-6-12)14-9-15(19-18-14)11-3-7-13(17)8-4-11;16-12-3-1-11(2-4-12)15(18)9-10-19-14-7-5-13(17)6-8-14;1-11-8(10)6-2-4-7(9)5-3-6;1-6(10)7-2-4-8(9)5-3-7;3*1-3-4-2;1-3-2;1-4(2)3;;1-2;/h5-13,20-21H,3-4H2,1-2H3;3-4,7-15H,1-2,5-6H2;1-9H;1-8H,9-10H2;2-5H,1H3;2-5H,1H3;3*1,3-4H2,2H3;3H,1-2H2;4H;1H;2H,1H2;. The number of halogens is 16. The zero-order valence-corrected chi connectivity index (χ0v) is 99.6. The molecule has 0 aliphatic carbocycles. The van der Waals surface area contributed by atoms with E-state index in [9.17, 15) is 14.4 Å². The second-order valence-electron chi connectivity index (χ2n) is 30.5. The Morgan fingerprint density at radius 3 is 1.01 bits per heavy atom. The number of carbonyl (C=O) groups excluding carboxylic acids is 3. The fourth-order valence-electron chi connectivity index (χ4n) is 13.5. The smallest absolute Gasteiger partial charge is 0.348 e. The van der Waals surface area contributed by atoms with E-state index >= 15 is 0 Å². The summed E-state index contributed by atoms with van der Waals surface area (Å²) in [6.45, 7) is 22.8. The van der Waals surface area contributed by atoms with Crippen molar-refractivity contribution in [2.24, 2.45) is 5.90 Å². The van der Waals surface area contributed by atoms with Crippen LogP contribution in [-0.2, 0) is 17.6 Å². The van der Waals surface area contributed by atoms with Crippen molar-refractivity contribution >= 4 is 262 Å². The van der Waals surface area contributed by atoms with E-state index in [4.69, 9.17) is 123 Å². The Morgan fingerprint density at radius 1 is 0.434 bits per heavy atom. The number of carbonyl (C=O) groups is 3. The van der Waals surface area contributed by atoms with Crippen molar-refractivity contribution in [3.8, 4) is 73.5 Å². The van der Waals surface area contributed by atoms with Crippen LogP contribution in [0, 0.1) is 0 Å². The number of hydrogen-bond acceptors (Lipinski definition) is 13. The van der Waals surface area contributed by atoms with Crippen molar-refractivity contribution in [1.82, 2.24) is 15.5 Å². The van der Waals surface area contributed by atoms with Gasteiger partial charge in [0.05, 0.1) is 19.3 Å². The quantitative estimate of drug-likeness (QED) is 0.00967. The van der Waals surface area contributed by atoms with Crippen LogP contribution in [0.15, 0.2) is 339 Å². The predicted molar refractivity (Wildman–Crippen MR) is 608 cm³/mol. The number of aromatic nitrogens is 3. The molecule has 13 nitrogen and oxygen atoms in total. The summed E-state index contributed by atoms with van der Waals surface area (Å²) in [7, 11) is 1.37. The number of ether oxygens (including phenoxy) is 2. The monoisotopic (exact) mass is 2580 g/mol. The average Bonchev–Trinajstić information content (AvgIpc) is 1.66. The maximum absolute atomic E-state index is 11.9. The first-order valence-electron chi connectivity index (χ1n) is 43.4. The summed E-state index contributed by atoms with van der Waals surface area (Å²) in [5.41, 5.74) is 14.9. The van der Waals surface area contributed by atoms with Crippen LogP contribution in [0.3, 0.4) is 0 Å². The zero-order chi connectivity index (χ0) is 99.5. The van der Waals surface area contributed by atoms with E-state index in [1.165, 1.54) is 61.2 Å². The van der Waals surface area contributed by atoms with Crippen LogP contribution in [0.2, 0.25) is 17.7 Å². The minimum atomic E-state index is -2.83. The Hall–Kier alpha value is -5.19. The van der Waals surface area contributed by atoms with E-state index in [-0.39, 0.29) is 41.0 Å². The summed E-state index contributed by atoms with van der Waals surface area (Å²) in [5, 5.41) is 19.0. The summed E-state index contributed by atoms with van der Waals surface area (Å²) in [5.74, 6) is 6.37. The molecule has 0 spiro atoms. The molecule has 33 heteroatoms. The van der Waals surface area contributed by atoms with E-state index in [0.29, 0.717) is 29.9 Å². The number of nitrogens with zero attached hydrogens (tertiary/aromatic N) is 3. The van der Waals surface area contributed by atoms with Crippen molar-refractivity contribution in [2.75, 3.05) is 13.7 Å². The second kappa shape index (κ2) is 67.4. The van der Waals surface area contributed by atoms with Crippen LogP contribution in [-0.4, -0.2) is 89.0 Å². The number of allylic oxidation sites excluding steroid dienone is 3. The van der Waals surface area contributed by atoms with Gasteiger partial charge in [-0.2, -0.15) is 0 Å². The fourth-order valence-corrected chi connectivity index (χ4v) is 37.3. The number of nitrogens with two attached hydrogens (primary N) is 1. The molecule has 2 unspecified atom stereocenters. The molecule has 2 atom stereocenters. The van der Waals surface area contributed by atoms with Crippen LogP contribution >= 0.6 is 208 Å². The first kappa shape index (κ1) is 123. The zero-order valence-electron chi connectivity index (χ0n) is 76.4. The molecule has 3 heterocycles. The molecule has 0 bridgehead atoms. The van der Waals surface area contributed by atoms with Gasteiger partial charge < -0.3 is 28.3 Å². The fraction of sp³-hybridized carbons (Fsp3) is 0.243. The molecule has 3 aromatic heterocycles. The van der Waals surface area contributed by atoms with Gasteiger partial charge in [-0.15, -0.1) is 125 Å². The number of methoxy groups -OCH3 is 1. The van der Waals surface area contributed by atoms with Gasteiger partial charge >= 0.3 is 133 Å². The molecule has 0 aliphatic rings. The molecule has 0 aliphatic heterocycles. The van der Waals surface area contributed by atoms with Gasteiger partial charge in [-0.1, -0.05) is 283 Å². The Bertz CT molecular complexity index is 5390. The second-order valence-corrected chi connectivity index (χ2v) is 74.2. The van der Waals surface area contributed by atoms with Crippen molar-refractivity contribution < 1.29 is 42.6 Å². The van der Waals surface area contributed by atoms with E-state index in [2.05, 4.69) is 217 Å². The van der Waals surface area contributed by atoms with Gasteiger partial charge in [-0.3, -0.25) is 9.59 Å². The molecule has 3 N–H and O–H groups in total. The van der Waals surface area contributed by atoms with Gasteiger partial charge in [0, 0.05) is 107 Å². The van der Waals surface area contributed by atoms with E-state index in [0.717, 1.165) is 137 Å². The van der Waals surface area contributed by atoms with Gasteiger partial charge in [0.25, 0.3) is 0 Å². The average molecular weight is 2590 g/mol. The number of hydrogen-bond donors (Lipinski definition) is 2. The number of rotatable bonds is 34. The summed E-state index contributed by atoms with van der Waals surface area (Å²) >= 11 is 70.6. The maximum atomic E-state index is 11.9. The predicted octanol–water partition coefficient (Wildman–Crippen LogP) is 37.3. The minimum Gasteiger partial charge on any atom is -0.493 e. The van der Waals surface area contributed by atoms with Crippen molar-refractivity contribution in [2.45, 2.75) is 141 Å². The maximum Gasteiger partial charge on any atom is 0.348 e. The van der Waals surface area contributed by atoms with Crippen molar-refractivity contribution in [1.29, 1.82) is 0 Å². The van der Waals surface area contributed by atoms with E-state index < -0.39 is 37.1 Å². The first-order chi connectivity index (χ1) is 64.6. The third-order valence-corrected chi connectivity index (χ3v) is 47.1. The topological polar surface area (TPSA) is 194 Å². The Kier molecular flexibility index (Phi) is 61.0. The van der Waals surface area contributed by atoms with Crippen LogP contribution in [0.25, 0.3) is 67.7 Å². The largest absolute Gasteiger partial charge is 0.493 e. The number of unbranched alkanes of at least 4 members (excludes halogenated alkanes) is 3. The molecule has 10 aromatic carbocycles. The third kappa shape index (κ3) is 45.6. The molecule has 0 saturated heterocycles. The summed E-state index contributed by atoms with van der Waals surface area (Å²) < 4.78 is 38.8. The number of Topliss-reactive ketones (excluding diaryl/α,β-unsaturated/α-hetero) is 2. The van der Waals surface area contributed by atoms with Gasteiger partial charge in [0.15, 0.2) is 28.8 Å². The molecule has 13 aromatic rings. The molecular weight excluding hydrogens is 2470 g/mol. The number of benzene rings is 10. The van der Waals surface area contributed by atoms with Crippen LogP contribution in [0.1, 0.15) is 164 Å². The summed E-state index contributed by atoms with van der Waals surface area (Å²) in [6.07, 6.45) is 18.3. The Labute approximate surface area is 908 Å². The summed E-state index contributed by atoms with van der Waals surface area (Å²) in [4.78, 5) is 33.5. The SMILES string of the molecule is Brc1ccc(-c2cc(-c3ccc(Br)cc3)on2)cc1.C=CCc1ccc(-c2cc(-c3ccc(CC=C)cc3)on2)cc1.C=C[CH2][Sn]([CH2]CCC)([CH2]CCC)[CH2]CCC.CC(=O)c1ccc(Br)cc1.CCC(c1ccc(-c2cc(-c3ccc(C(CC)[Si](Cl)(Cl)Cl)cc3)on2)cc1)[Si](Cl)(Cl)Cl.COC(=O)c1ccc(Br)cc1.Cl.Cl[SiH](Cl)Cl.NO.O=C(CCOc1ccc(Br)cc1)c1ccc(Br)cc1. The van der Waals surface area contributed by atoms with Crippen molar-refractivity contribution in [3.63, 3.8) is 0 Å². The number of ketones is 2. The molecule has 0 saturated carbocycles. The van der Waals surface area contributed by atoms with E-state index in [1.807, 2.05) is 202 Å². The molecule has 0 radical (unpaired) electrons. The molecule has 0 fully saturated rings. The van der Waals surface area contributed by atoms with Crippen LogP contribution in [0.4, 0.5) is 0 Å². The number of esters is 1. The Balaban J connectivity index is 0.000000336. The van der Waals surface area contributed by atoms with Gasteiger partial charge in [-0.05, 0) is 152 Å². The van der Waals surface area contributed by atoms with Crippen LogP contribution < -0.4 is 10.6 Å². The van der Waals surface area contributed by atoms with Gasteiger partial charge in [0.1, 0.15) is 22.8 Å². The molecule has 13 rings (SSSR count). The molecule has 0 amide bonds. The normalized spacial score (nSPS) is 11.1.